The van der Waals surface area contributed by atoms with E-state index in [1.807, 2.05) is 6.92 Å². The minimum Gasteiger partial charge on any atom is -0.469 e. The average Bonchev–Trinajstić information content (AvgIpc) is 3.07. The van der Waals surface area contributed by atoms with Gasteiger partial charge in [0.05, 0.1) is 19.6 Å². The van der Waals surface area contributed by atoms with Crippen molar-refractivity contribution in [3.05, 3.63) is 58.6 Å². The Hall–Kier alpha value is -3.00. The molecule has 2 aromatic heterocycles. The Bertz CT molecular complexity index is 955. The van der Waals surface area contributed by atoms with Gasteiger partial charge in [-0.3, -0.25) is 9.59 Å². The van der Waals surface area contributed by atoms with Crippen molar-refractivity contribution in [2.75, 3.05) is 7.11 Å². The van der Waals surface area contributed by atoms with Crippen molar-refractivity contribution < 1.29 is 14.3 Å². The molecule has 8 nitrogen and oxygen atoms in total. The summed E-state index contributed by atoms with van der Waals surface area (Å²) >= 11 is 5.90. The van der Waals surface area contributed by atoms with Crippen molar-refractivity contribution in [2.45, 2.75) is 19.4 Å². The number of carbonyl (C=O) groups excluding carboxylic acids is 2. The second-order valence-electron chi connectivity index (χ2n) is 5.59. The molecule has 2 heterocycles. The van der Waals surface area contributed by atoms with Crippen LogP contribution in [0.2, 0.25) is 5.02 Å². The molecule has 26 heavy (non-hydrogen) atoms. The van der Waals surface area contributed by atoms with E-state index in [1.54, 1.807) is 36.5 Å². The molecular formula is C17H16ClN5O3. The maximum atomic E-state index is 12.6. The molecule has 1 N–H and O–H groups in total. The largest absolute Gasteiger partial charge is 0.469 e. The first kappa shape index (κ1) is 17.8. The molecular weight excluding hydrogens is 358 g/mol. The molecule has 0 bridgehead atoms. The Morgan fingerprint density at radius 1 is 1.27 bits per heavy atom. The SMILES string of the molecule is COC(=O)CC(NC(=O)c1nc2nccc(C)n2n1)c1ccc(Cl)cc1. The van der Waals surface area contributed by atoms with Crippen molar-refractivity contribution in [3.8, 4) is 0 Å². The molecule has 134 valence electrons. The van der Waals surface area contributed by atoms with Crippen LogP contribution in [-0.2, 0) is 9.53 Å². The number of fused-ring (bicyclic) bond motifs is 1. The first-order chi connectivity index (χ1) is 12.5. The van der Waals surface area contributed by atoms with Crippen LogP contribution >= 0.6 is 11.6 Å². The number of benzene rings is 1. The van der Waals surface area contributed by atoms with Crippen molar-refractivity contribution in [1.29, 1.82) is 0 Å². The standard InChI is InChI=1S/C17H16ClN5O3/c1-10-7-8-19-17-21-15(22-23(10)17)16(25)20-13(9-14(24)26-2)11-3-5-12(18)6-4-11/h3-8,13H,9H2,1-2H3,(H,20,25). The zero-order valence-electron chi connectivity index (χ0n) is 14.1. The van der Waals surface area contributed by atoms with Gasteiger partial charge in [-0.1, -0.05) is 23.7 Å². The predicted molar refractivity (Wildman–Crippen MR) is 93.8 cm³/mol. The highest BCUT2D eigenvalue weighted by molar-refractivity contribution is 6.30. The second kappa shape index (κ2) is 7.49. The maximum Gasteiger partial charge on any atom is 0.307 e. The van der Waals surface area contributed by atoms with E-state index < -0.39 is 17.9 Å². The summed E-state index contributed by atoms with van der Waals surface area (Å²) in [4.78, 5) is 32.5. The number of ether oxygens (including phenoxy) is 1. The van der Waals surface area contributed by atoms with Gasteiger partial charge in [-0.05, 0) is 30.7 Å². The second-order valence-corrected chi connectivity index (χ2v) is 6.03. The highest BCUT2D eigenvalue weighted by atomic mass is 35.5. The zero-order chi connectivity index (χ0) is 18.7. The number of halogens is 1. The normalized spacial score (nSPS) is 12.0. The van der Waals surface area contributed by atoms with Crippen LogP contribution in [0.15, 0.2) is 36.5 Å². The van der Waals surface area contributed by atoms with Crippen molar-refractivity contribution in [1.82, 2.24) is 24.9 Å². The number of rotatable bonds is 5. The van der Waals surface area contributed by atoms with Crippen LogP contribution in [0.1, 0.15) is 34.3 Å². The highest BCUT2D eigenvalue weighted by Gasteiger charge is 2.22. The number of nitrogens with one attached hydrogen (secondary N) is 1. The lowest BCUT2D eigenvalue weighted by Crippen LogP contribution is -2.31. The minimum absolute atomic E-state index is 0.0318. The summed E-state index contributed by atoms with van der Waals surface area (Å²) in [5.41, 5.74) is 1.51. The number of methoxy groups -OCH3 is 1. The number of aryl methyl sites for hydroxylation is 1. The lowest BCUT2D eigenvalue weighted by molar-refractivity contribution is -0.141. The van der Waals surface area contributed by atoms with Crippen LogP contribution in [0.3, 0.4) is 0 Å². The molecule has 0 aliphatic carbocycles. The topological polar surface area (TPSA) is 98.5 Å². The molecule has 1 atom stereocenters. The van der Waals surface area contributed by atoms with Crippen LogP contribution in [0.25, 0.3) is 5.78 Å². The van der Waals surface area contributed by atoms with Gasteiger partial charge in [-0.15, -0.1) is 5.10 Å². The average molecular weight is 374 g/mol. The summed E-state index contributed by atoms with van der Waals surface area (Å²) in [5, 5.41) is 7.49. The van der Waals surface area contributed by atoms with Crippen LogP contribution in [0.4, 0.5) is 0 Å². The molecule has 0 saturated heterocycles. The number of nitrogens with zero attached hydrogens (tertiary/aromatic N) is 4. The molecule has 1 unspecified atom stereocenters. The molecule has 0 aliphatic rings. The van der Waals surface area contributed by atoms with E-state index in [2.05, 4.69) is 20.4 Å². The van der Waals surface area contributed by atoms with Gasteiger partial charge < -0.3 is 10.1 Å². The third-order valence-corrected chi connectivity index (χ3v) is 4.06. The molecule has 0 spiro atoms. The van der Waals surface area contributed by atoms with Crippen LogP contribution in [0.5, 0.6) is 0 Å². The third kappa shape index (κ3) is 3.80. The van der Waals surface area contributed by atoms with Gasteiger partial charge >= 0.3 is 5.97 Å². The monoisotopic (exact) mass is 373 g/mol. The third-order valence-electron chi connectivity index (χ3n) is 3.81. The lowest BCUT2D eigenvalue weighted by atomic mass is 10.0. The van der Waals surface area contributed by atoms with Crippen molar-refractivity contribution >= 4 is 29.3 Å². The van der Waals surface area contributed by atoms with Gasteiger partial charge in [0.25, 0.3) is 11.7 Å². The van der Waals surface area contributed by atoms with Gasteiger partial charge in [-0.2, -0.15) is 4.98 Å². The van der Waals surface area contributed by atoms with Gasteiger partial charge in [0.15, 0.2) is 0 Å². The highest BCUT2D eigenvalue weighted by Crippen LogP contribution is 2.20. The summed E-state index contributed by atoms with van der Waals surface area (Å²) in [6, 6.07) is 8.00. The van der Waals surface area contributed by atoms with E-state index in [0.29, 0.717) is 16.4 Å². The number of carbonyl (C=O) groups is 2. The van der Waals surface area contributed by atoms with Crippen molar-refractivity contribution in [3.63, 3.8) is 0 Å². The first-order valence-corrected chi connectivity index (χ1v) is 8.17. The van der Waals surface area contributed by atoms with E-state index in [0.717, 1.165) is 5.69 Å². The maximum absolute atomic E-state index is 12.6. The van der Waals surface area contributed by atoms with E-state index >= 15 is 0 Å². The molecule has 1 aromatic carbocycles. The molecule has 0 saturated carbocycles. The predicted octanol–water partition coefficient (Wildman–Crippen LogP) is 2.12. The lowest BCUT2D eigenvalue weighted by Gasteiger charge is -2.17. The number of amides is 1. The Kier molecular flexibility index (Phi) is 5.13. The number of hydrogen-bond acceptors (Lipinski definition) is 6. The first-order valence-electron chi connectivity index (χ1n) is 7.79. The molecule has 3 aromatic rings. The summed E-state index contributed by atoms with van der Waals surface area (Å²) < 4.78 is 6.19. The Morgan fingerprint density at radius 3 is 2.65 bits per heavy atom. The fraction of sp³-hybridized carbons (Fsp3) is 0.235. The summed E-state index contributed by atoms with van der Waals surface area (Å²) in [5.74, 6) is -0.675. The summed E-state index contributed by atoms with van der Waals surface area (Å²) in [6.45, 7) is 1.83. The Balaban J connectivity index is 1.86. The van der Waals surface area contributed by atoms with Gasteiger partial charge in [0.1, 0.15) is 0 Å². The molecule has 3 rings (SSSR count). The van der Waals surface area contributed by atoms with Crippen LogP contribution in [0, 0.1) is 6.92 Å². The Morgan fingerprint density at radius 2 is 2.00 bits per heavy atom. The van der Waals surface area contributed by atoms with E-state index in [9.17, 15) is 9.59 Å². The molecule has 0 radical (unpaired) electrons. The summed E-state index contributed by atoms with van der Waals surface area (Å²) in [7, 11) is 1.29. The fourth-order valence-electron chi connectivity index (χ4n) is 2.42. The number of esters is 1. The molecule has 0 fully saturated rings. The smallest absolute Gasteiger partial charge is 0.307 e. The fourth-order valence-corrected chi connectivity index (χ4v) is 2.55. The zero-order valence-corrected chi connectivity index (χ0v) is 14.9. The summed E-state index contributed by atoms with van der Waals surface area (Å²) in [6.07, 6.45) is 1.56. The van der Waals surface area contributed by atoms with Crippen LogP contribution in [-0.4, -0.2) is 38.6 Å². The van der Waals surface area contributed by atoms with E-state index in [4.69, 9.17) is 16.3 Å². The Labute approximate surface area is 154 Å². The quantitative estimate of drug-likeness (QED) is 0.688. The minimum atomic E-state index is -0.604. The van der Waals surface area contributed by atoms with Crippen molar-refractivity contribution in [2.24, 2.45) is 0 Å². The van der Waals surface area contributed by atoms with Gasteiger partial charge in [-0.25, -0.2) is 9.50 Å². The number of aromatic nitrogens is 4. The van der Waals surface area contributed by atoms with Gasteiger partial charge in [0, 0.05) is 16.9 Å². The number of hydrogen-bond donors (Lipinski definition) is 1. The van der Waals surface area contributed by atoms with Crippen LogP contribution < -0.4 is 5.32 Å². The van der Waals surface area contributed by atoms with E-state index in [-0.39, 0.29) is 12.2 Å². The molecule has 0 aliphatic heterocycles. The van der Waals surface area contributed by atoms with Gasteiger partial charge in [0.2, 0.25) is 5.82 Å². The van der Waals surface area contributed by atoms with E-state index in [1.165, 1.54) is 11.6 Å². The molecule has 1 amide bonds. The molecule has 9 heteroatoms.